The van der Waals surface area contributed by atoms with E-state index in [2.05, 4.69) is 0 Å². The number of halogens is 3. The maximum atomic E-state index is 13.2. The number of benzene rings is 1. The van der Waals surface area contributed by atoms with Gasteiger partial charge < -0.3 is 4.74 Å². The van der Waals surface area contributed by atoms with E-state index in [1.165, 1.54) is 6.07 Å². The quantitative estimate of drug-likeness (QED) is 0.508. The minimum Gasteiger partial charge on any atom is -0.368 e. The van der Waals surface area contributed by atoms with Crippen LogP contribution in [0.3, 0.4) is 0 Å². The van der Waals surface area contributed by atoms with Crippen LogP contribution >= 0.6 is 23.2 Å². The minimum atomic E-state index is -0.427. The minimum absolute atomic E-state index is 0.0491. The summed E-state index contributed by atoms with van der Waals surface area (Å²) in [6.07, 6.45) is -0.152. The third-order valence-corrected chi connectivity index (χ3v) is 2.19. The molecule has 0 aromatic heterocycles. The molecule has 0 radical (unpaired) electrons. The Labute approximate surface area is 79.0 Å². The van der Waals surface area contributed by atoms with E-state index in [9.17, 15) is 4.39 Å². The Hall–Kier alpha value is -0.310. The van der Waals surface area contributed by atoms with Crippen molar-refractivity contribution in [2.24, 2.45) is 0 Å². The average molecular weight is 207 g/mol. The highest BCUT2D eigenvalue weighted by Gasteiger charge is 2.29. The summed E-state index contributed by atoms with van der Waals surface area (Å²) >= 11 is 11.3. The molecule has 4 heteroatoms. The molecule has 1 nitrogen and oxygen atoms in total. The summed E-state index contributed by atoms with van der Waals surface area (Å²) in [6.45, 7) is 0.549. The molecule has 1 aliphatic rings. The van der Waals surface area contributed by atoms with E-state index in [-0.39, 0.29) is 11.1 Å². The van der Waals surface area contributed by atoms with Gasteiger partial charge >= 0.3 is 0 Å². The molecule has 64 valence electrons. The summed E-state index contributed by atoms with van der Waals surface area (Å²) in [5, 5.41) is 0.486. The fraction of sp³-hybridized carbons (Fsp3) is 0.250. The van der Waals surface area contributed by atoms with Crippen LogP contribution in [0.15, 0.2) is 12.1 Å². The first-order valence-electron chi connectivity index (χ1n) is 3.44. The SMILES string of the molecule is Fc1c(Cl)cc(Cl)cc1[C@H]1CO1. The summed E-state index contributed by atoms with van der Waals surface area (Å²) < 4.78 is 18.1. The highest BCUT2D eigenvalue weighted by atomic mass is 35.5. The molecule has 0 bridgehead atoms. The van der Waals surface area contributed by atoms with Crippen LogP contribution < -0.4 is 0 Å². The summed E-state index contributed by atoms with van der Waals surface area (Å²) in [5.74, 6) is -0.427. The second kappa shape index (κ2) is 2.87. The van der Waals surface area contributed by atoms with Gasteiger partial charge in [0, 0.05) is 10.6 Å². The third kappa shape index (κ3) is 1.42. The number of rotatable bonds is 1. The van der Waals surface area contributed by atoms with Gasteiger partial charge in [0.15, 0.2) is 0 Å². The van der Waals surface area contributed by atoms with Crippen molar-refractivity contribution in [2.45, 2.75) is 6.10 Å². The Morgan fingerprint density at radius 3 is 2.67 bits per heavy atom. The highest BCUT2D eigenvalue weighted by molar-refractivity contribution is 6.34. The van der Waals surface area contributed by atoms with Crippen LogP contribution in [0.1, 0.15) is 11.7 Å². The highest BCUT2D eigenvalue weighted by Crippen LogP contribution is 2.36. The van der Waals surface area contributed by atoms with Crippen molar-refractivity contribution in [1.82, 2.24) is 0 Å². The monoisotopic (exact) mass is 206 g/mol. The Kier molecular flexibility index (Phi) is 1.99. The van der Waals surface area contributed by atoms with Gasteiger partial charge in [0.2, 0.25) is 0 Å². The first-order chi connectivity index (χ1) is 5.68. The summed E-state index contributed by atoms with van der Waals surface area (Å²) in [4.78, 5) is 0. The fourth-order valence-electron chi connectivity index (χ4n) is 1.04. The number of hydrogen-bond acceptors (Lipinski definition) is 1. The van der Waals surface area contributed by atoms with Gasteiger partial charge in [0.05, 0.1) is 11.6 Å². The molecule has 0 amide bonds. The molecular formula is C8H5Cl2FO. The van der Waals surface area contributed by atoms with E-state index in [4.69, 9.17) is 27.9 Å². The molecule has 1 fully saturated rings. The molecule has 0 aliphatic carbocycles. The molecule has 1 saturated heterocycles. The molecule has 2 rings (SSSR count). The summed E-state index contributed by atoms with van der Waals surface area (Å²) in [5.41, 5.74) is 0.451. The van der Waals surface area contributed by atoms with Crippen molar-refractivity contribution in [2.75, 3.05) is 6.61 Å². The molecule has 1 aromatic rings. The number of epoxide rings is 1. The van der Waals surface area contributed by atoms with Gasteiger partial charge in [-0.15, -0.1) is 0 Å². The average Bonchev–Trinajstić information content (AvgIpc) is 2.79. The van der Waals surface area contributed by atoms with Crippen molar-refractivity contribution in [3.8, 4) is 0 Å². The first-order valence-corrected chi connectivity index (χ1v) is 4.20. The van der Waals surface area contributed by atoms with Gasteiger partial charge in [-0.1, -0.05) is 23.2 Å². The smallest absolute Gasteiger partial charge is 0.147 e. The second-order valence-electron chi connectivity index (χ2n) is 2.61. The van der Waals surface area contributed by atoms with E-state index in [0.29, 0.717) is 17.2 Å². The van der Waals surface area contributed by atoms with Crippen molar-refractivity contribution < 1.29 is 9.13 Å². The van der Waals surface area contributed by atoms with Crippen molar-refractivity contribution in [1.29, 1.82) is 0 Å². The van der Waals surface area contributed by atoms with Crippen LogP contribution in [0.4, 0.5) is 4.39 Å². The maximum Gasteiger partial charge on any atom is 0.147 e. The zero-order chi connectivity index (χ0) is 8.72. The second-order valence-corrected chi connectivity index (χ2v) is 3.46. The molecule has 12 heavy (non-hydrogen) atoms. The predicted molar refractivity (Wildman–Crippen MR) is 45.1 cm³/mol. The van der Waals surface area contributed by atoms with Crippen LogP contribution in [-0.4, -0.2) is 6.61 Å². The van der Waals surface area contributed by atoms with E-state index >= 15 is 0 Å². The molecule has 1 heterocycles. The topological polar surface area (TPSA) is 12.5 Å². The standard InChI is InChI=1S/C8H5Cl2FO/c9-4-1-5(7-3-12-7)8(11)6(10)2-4/h1-2,7H,3H2/t7-/m1/s1. The lowest BCUT2D eigenvalue weighted by atomic mass is 10.1. The van der Waals surface area contributed by atoms with E-state index in [0.717, 1.165) is 0 Å². The zero-order valence-electron chi connectivity index (χ0n) is 5.98. The van der Waals surface area contributed by atoms with Gasteiger partial charge in [-0.2, -0.15) is 0 Å². The van der Waals surface area contributed by atoms with E-state index in [1.54, 1.807) is 6.07 Å². The van der Waals surface area contributed by atoms with Crippen LogP contribution in [-0.2, 0) is 4.74 Å². The molecule has 1 aromatic carbocycles. The Balaban J connectivity index is 2.51. The number of hydrogen-bond donors (Lipinski definition) is 0. The zero-order valence-corrected chi connectivity index (χ0v) is 7.49. The molecule has 1 atom stereocenters. The molecule has 0 spiro atoms. The maximum absolute atomic E-state index is 13.2. The van der Waals surface area contributed by atoms with Crippen LogP contribution in [0, 0.1) is 5.82 Å². The molecule has 0 saturated carbocycles. The van der Waals surface area contributed by atoms with Gasteiger partial charge in [-0.3, -0.25) is 0 Å². The normalized spacial score (nSPS) is 21.1. The van der Waals surface area contributed by atoms with Gasteiger partial charge in [0.1, 0.15) is 11.9 Å². The summed E-state index contributed by atoms with van der Waals surface area (Å²) in [6, 6.07) is 2.92. The predicted octanol–water partition coefficient (Wildman–Crippen LogP) is 3.20. The van der Waals surface area contributed by atoms with E-state index in [1.807, 2.05) is 0 Å². The lowest BCUT2D eigenvalue weighted by molar-refractivity contribution is 0.408. The van der Waals surface area contributed by atoms with Gasteiger partial charge in [-0.25, -0.2) is 4.39 Å². The van der Waals surface area contributed by atoms with Gasteiger partial charge in [-0.05, 0) is 12.1 Å². The lowest BCUT2D eigenvalue weighted by Crippen LogP contribution is -1.89. The molecule has 0 N–H and O–H groups in total. The van der Waals surface area contributed by atoms with Crippen LogP contribution in [0.2, 0.25) is 10.0 Å². The Morgan fingerprint density at radius 2 is 2.08 bits per heavy atom. The molecular weight excluding hydrogens is 202 g/mol. The van der Waals surface area contributed by atoms with Crippen LogP contribution in [0.5, 0.6) is 0 Å². The Bertz CT molecular complexity index is 323. The lowest BCUT2D eigenvalue weighted by Gasteiger charge is -2.01. The van der Waals surface area contributed by atoms with Crippen molar-refractivity contribution in [3.63, 3.8) is 0 Å². The first kappa shape index (κ1) is 8.30. The van der Waals surface area contributed by atoms with Crippen LogP contribution in [0.25, 0.3) is 0 Å². The van der Waals surface area contributed by atoms with E-state index < -0.39 is 5.82 Å². The van der Waals surface area contributed by atoms with Crippen molar-refractivity contribution >= 4 is 23.2 Å². The third-order valence-electron chi connectivity index (χ3n) is 1.70. The molecule has 1 aliphatic heterocycles. The van der Waals surface area contributed by atoms with Gasteiger partial charge in [0.25, 0.3) is 0 Å². The Morgan fingerprint density at radius 1 is 1.42 bits per heavy atom. The van der Waals surface area contributed by atoms with Crippen molar-refractivity contribution in [3.05, 3.63) is 33.6 Å². The summed E-state index contributed by atoms with van der Waals surface area (Å²) in [7, 11) is 0. The molecule has 0 unspecified atom stereocenters. The largest absolute Gasteiger partial charge is 0.368 e. The number of ether oxygens (including phenoxy) is 1. The fourth-order valence-corrected chi connectivity index (χ4v) is 1.55.